The number of benzene rings is 1. The molecular weight excluding hydrogens is 1030 g/mol. The lowest BCUT2D eigenvalue weighted by atomic mass is 10.2. The van der Waals surface area contributed by atoms with Gasteiger partial charge >= 0.3 is 0 Å². The van der Waals surface area contributed by atoms with E-state index in [1.54, 1.807) is 140 Å². The molecule has 12 N–H and O–H groups in total. The Morgan fingerprint density at radius 1 is 0.512 bits per heavy atom. The van der Waals surface area contributed by atoms with E-state index in [4.69, 9.17) is 0 Å². The van der Waals surface area contributed by atoms with Gasteiger partial charge < -0.3 is 85.2 Å². The molecule has 0 spiro atoms. The average molecular weight is 1090 g/mol. The predicted molar refractivity (Wildman–Crippen MR) is 296 cm³/mol. The molecular formula is C53H58N19O8+. The number of fused-ring (bicyclic) bond motifs is 1. The quantitative estimate of drug-likeness (QED) is 0.0599. The minimum atomic E-state index is -0.790. The van der Waals surface area contributed by atoms with Crippen molar-refractivity contribution in [3.05, 3.63) is 144 Å². The van der Waals surface area contributed by atoms with E-state index in [9.17, 15) is 38.4 Å². The van der Waals surface area contributed by atoms with Crippen molar-refractivity contribution in [3.63, 3.8) is 0 Å². The number of nitrogens with zero attached hydrogens (tertiary/aromatic N) is 9. The zero-order valence-electron chi connectivity index (χ0n) is 44.8. The van der Waals surface area contributed by atoms with Crippen LogP contribution in [0.25, 0.3) is 22.6 Å². The number of aromatic amines is 1. The molecule has 0 fully saturated rings. The van der Waals surface area contributed by atoms with Crippen LogP contribution < -0.4 is 48.3 Å². The molecule has 27 nitrogen and oxygen atoms in total. The van der Waals surface area contributed by atoms with Crippen LogP contribution in [0, 0.1) is 0 Å². The summed E-state index contributed by atoms with van der Waals surface area (Å²) in [5.74, 6) is -2.65. The smallest absolute Gasteiger partial charge is 0.291 e. The Bertz CT molecular complexity index is 3940. The topological polar surface area (TPSA) is 337 Å². The van der Waals surface area contributed by atoms with Crippen LogP contribution in [0.5, 0.6) is 0 Å². The third-order valence-electron chi connectivity index (χ3n) is 13.1. The normalized spacial score (nSPS) is 11.5. The highest BCUT2D eigenvalue weighted by molar-refractivity contribution is 6.10. The number of quaternary nitrogens is 1. The lowest BCUT2D eigenvalue weighted by Gasteiger charge is -2.10. The second-order valence-corrected chi connectivity index (χ2v) is 19.1. The van der Waals surface area contributed by atoms with E-state index in [0.717, 1.165) is 0 Å². The van der Waals surface area contributed by atoms with Gasteiger partial charge in [0.05, 0.1) is 50.9 Å². The number of imidazole rings is 2. The number of carbonyl (C=O) groups is 8. The Hall–Kier alpha value is -10.7. The summed E-state index contributed by atoms with van der Waals surface area (Å²) in [6.45, 7) is 0.101. The molecule has 0 aliphatic carbocycles. The molecule has 8 amide bonds. The van der Waals surface area contributed by atoms with Crippen molar-refractivity contribution in [2.24, 2.45) is 49.3 Å². The van der Waals surface area contributed by atoms with E-state index >= 15 is 0 Å². The summed E-state index contributed by atoms with van der Waals surface area (Å²) in [4.78, 5) is 117. The highest BCUT2D eigenvalue weighted by Gasteiger charge is 2.24. The second-order valence-electron chi connectivity index (χ2n) is 19.1. The summed E-state index contributed by atoms with van der Waals surface area (Å²) in [5.41, 5.74) is 9.86. The van der Waals surface area contributed by atoms with Crippen molar-refractivity contribution < 1.29 is 44.1 Å². The van der Waals surface area contributed by atoms with Gasteiger partial charge in [-0.3, -0.25) is 38.4 Å². The van der Waals surface area contributed by atoms with Gasteiger partial charge in [-0.05, 0) is 54.6 Å². The Labute approximate surface area is 455 Å². The van der Waals surface area contributed by atoms with Crippen molar-refractivity contribution in [1.82, 2.24) is 57.6 Å². The van der Waals surface area contributed by atoms with Gasteiger partial charge in [0.1, 0.15) is 28.5 Å². The average Bonchev–Trinajstić information content (AvgIpc) is 4.33. The maximum atomic E-state index is 13.5. The van der Waals surface area contributed by atoms with Crippen LogP contribution in [-0.2, 0) is 54.1 Å². The van der Waals surface area contributed by atoms with E-state index in [-0.39, 0.29) is 53.4 Å². The first-order valence-electron chi connectivity index (χ1n) is 24.8. The van der Waals surface area contributed by atoms with E-state index in [1.165, 1.54) is 40.4 Å². The van der Waals surface area contributed by atoms with Gasteiger partial charge in [-0.15, -0.1) is 0 Å². The Morgan fingerprint density at radius 3 is 1.44 bits per heavy atom. The van der Waals surface area contributed by atoms with Gasteiger partial charge in [0.2, 0.25) is 0 Å². The molecule has 1 aromatic carbocycles. The monoisotopic (exact) mass is 1090 g/mol. The summed E-state index contributed by atoms with van der Waals surface area (Å²) in [7, 11) is 13.3. The number of aromatic nitrogens is 10. The molecule has 9 rings (SSSR count). The van der Waals surface area contributed by atoms with Crippen LogP contribution in [0.15, 0.2) is 104 Å². The molecule has 0 saturated carbocycles. The molecule has 0 bridgehead atoms. The van der Waals surface area contributed by atoms with Crippen molar-refractivity contribution >= 4 is 92.4 Å². The molecule has 0 radical (unpaired) electrons. The van der Waals surface area contributed by atoms with Crippen LogP contribution in [0.1, 0.15) is 79.8 Å². The van der Waals surface area contributed by atoms with Gasteiger partial charge in [-0.25, -0.2) is 9.97 Å². The van der Waals surface area contributed by atoms with E-state index in [2.05, 4.69) is 63.2 Å². The molecule has 1 atom stereocenters. The largest absolute Gasteiger partial charge is 0.354 e. The van der Waals surface area contributed by atoms with Gasteiger partial charge in [0.15, 0.2) is 17.7 Å². The molecule has 0 aliphatic heterocycles. The lowest BCUT2D eigenvalue weighted by molar-refractivity contribution is -0.403. The van der Waals surface area contributed by atoms with Gasteiger partial charge in [0.25, 0.3) is 47.3 Å². The maximum Gasteiger partial charge on any atom is 0.291 e. The van der Waals surface area contributed by atoms with Crippen LogP contribution in [-0.4, -0.2) is 114 Å². The number of aryl methyl sites for hydroxylation is 7. The highest BCUT2D eigenvalue weighted by atomic mass is 16.2. The van der Waals surface area contributed by atoms with Gasteiger partial charge in [0, 0.05) is 124 Å². The molecule has 0 aliphatic rings. The molecule has 27 heteroatoms. The van der Waals surface area contributed by atoms with Crippen LogP contribution in [0.4, 0.5) is 34.1 Å². The third-order valence-corrected chi connectivity index (χ3v) is 13.1. The fourth-order valence-corrected chi connectivity index (χ4v) is 8.95. The number of carbonyl (C=O) groups excluding carboxylic acids is 8. The summed E-state index contributed by atoms with van der Waals surface area (Å²) in [6.07, 6.45) is 13.1. The summed E-state index contributed by atoms with van der Waals surface area (Å²) < 4.78 is 11.2. The van der Waals surface area contributed by atoms with Crippen molar-refractivity contribution in [3.8, 4) is 11.5 Å². The first-order valence-corrected chi connectivity index (χ1v) is 24.8. The van der Waals surface area contributed by atoms with Crippen molar-refractivity contribution in [2.75, 3.05) is 45.5 Å². The number of hydrogen-bond donors (Lipinski definition) is 10. The van der Waals surface area contributed by atoms with Crippen molar-refractivity contribution in [2.45, 2.75) is 12.5 Å². The SMILES string of the molecule is CNC(=O)c1cc(NC(=O)c2cc(NC(=O)c3cc(NC(=O)c4cc(NC(=O)[C@H]([NH3+])CCNC(=O)c5cc(NC(=O)c6ccc7nc(-c8cc(NC(=O)c9nccn9C)cn8C)[nH]c7c6)cn5C)cn4C)cn3C)cn2C)cn1C. The molecule has 8 aromatic heterocycles. The molecule has 412 valence electrons. The van der Waals surface area contributed by atoms with E-state index in [0.29, 0.717) is 67.9 Å². The maximum absolute atomic E-state index is 13.5. The molecule has 0 unspecified atom stereocenters. The van der Waals surface area contributed by atoms with Crippen LogP contribution >= 0.6 is 0 Å². The van der Waals surface area contributed by atoms with Crippen LogP contribution in [0.2, 0.25) is 0 Å². The fraction of sp³-hybridized carbons (Fsp3) is 0.208. The molecule has 80 heavy (non-hydrogen) atoms. The van der Waals surface area contributed by atoms with Crippen LogP contribution in [0.3, 0.4) is 0 Å². The zero-order chi connectivity index (χ0) is 57.3. The van der Waals surface area contributed by atoms with Crippen molar-refractivity contribution in [1.29, 1.82) is 0 Å². The minimum absolute atomic E-state index is 0.101. The lowest BCUT2D eigenvalue weighted by Crippen LogP contribution is -2.67. The summed E-state index contributed by atoms with van der Waals surface area (Å²) in [5, 5.41) is 22.1. The zero-order valence-corrected chi connectivity index (χ0v) is 44.8. The Kier molecular flexibility index (Phi) is 14.9. The minimum Gasteiger partial charge on any atom is -0.354 e. The fourth-order valence-electron chi connectivity index (χ4n) is 8.95. The van der Waals surface area contributed by atoms with E-state index < -0.39 is 41.5 Å². The number of anilines is 6. The number of hydrogen-bond acceptors (Lipinski definition) is 10. The van der Waals surface area contributed by atoms with E-state index in [1.807, 2.05) is 11.6 Å². The Balaban J connectivity index is 0.728. The first-order chi connectivity index (χ1) is 38.1. The van der Waals surface area contributed by atoms with Gasteiger partial charge in [-0.1, -0.05) is 0 Å². The molecule has 0 saturated heterocycles. The third kappa shape index (κ3) is 11.5. The highest BCUT2D eigenvalue weighted by Crippen LogP contribution is 2.27. The van der Waals surface area contributed by atoms with Gasteiger partial charge in [-0.2, -0.15) is 0 Å². The number of nitrogens with one attached hydrogen (secondary N) is 9. The molecule has 9 aromatic rings. The summed E-state index contributed by atoms with van der Waals surface area (Å²) >= 11 is 0. The number of H-pyrrole nitrogens is 1. The first kappa shape index (κ1) is 54.1. The number of rotatable bonds is 18. The summed E-state index contributed by atoms with van der Waals surface area (Å²) in [6, 6.07) is 13.6. The Morgan fingerprint density at radius 2 is 0.950 bits per heavy atom. The molecule has 8 heterocycles. The predicted octanol–water partition coefficient (Wildman–Crippen LogP) is 2.98. The number of amides is 8. The second kappa shape index (κ2) is 22.1. The standard InChI is InChI=1S/C53H57N19O8/c1-55-48(75)39-17-32(25-68(39)4)60-51(78)42-20-34(27-71(42)7)62-52(79)43-21-33(26-72(43)8)61-50(77)41-19-31(24-70(41)6)59-47(74)35(54)11-12-57-49(76)40-18-30(23-69(40)5)58-46(73)28-9-10-36-37(15-28)65-44(64-36)38-16-29(22-67(38)3)63-53(80)45-56-13-14-66(45)2/h9-10,13-27,35H,11-12,54H2,1-8H3,(H,55,75)(H,57,76)(H,58,73)(H,59,74)(H,60,78)(H,61,77)(H,62,79)(H,63,80)(H,64,65)/p+1/t35-/m1/s1.